The Bertz CT molecular complexity index is 634. The van der Waals surface area contributed by atoms with Crippen LogP contribution in [0.15, 0.2) is 18.3 Å². The van der Waals surface area contributed by atoms with Crippen LogP contribution in [-0.2, 0) is 6.42 Å². The number of carboxylic acids is 2. The van der Waals surface area contributed by atoms with Gasteiger partial charge < -0.3 is 15.3 Å². The van der Waals surface area contributed by atoms with Gasteiger partial charge in [-0.1, -0.05) is 5.21 Å². The van der Waals surface area contributed by atoms with Crippen molar-refractivity contribution >= 4 is 11.9 Å². The lowest BCUT2D eigenvalue weighted by atomic mass is 10.2. The second-order valence-corrected chi connectivity index (χ2v) is 3.83. The van der Waals surface area contributed by atoms with E-state index in [-0.39, 0.29) is 12.3 Å². The van der Waals surface area contributed by atoms with Gasteiger partial charge in [-0.15, -0.1) is 5.10 Å². The summed E-state index contributed by atoms with van der Waals surface area (Å²) in [6.45, 7) is -0.101. The van der Waals surface area contributed by atoms with Gasteiger partial charge in [0.25, 0.3) is 0 Å². The van der Waals surface area contributed by atoms with E-state index in [2.05, 4.69) is 15.3 Å². The molecule has 0 bridgehead atoms. The van der Waals surface area contributed by atoms with E-state index in [1.807, 2.05) is 0 Å². The topological polar surface area (TPSA) is 138 Å². The van der Waals surface area contributed by atoms with Gasteiger partial charge in [0.2, 0.25) is 0 Å². The first-order chi connectivity index (χ1) is 9.51. The molecule has 0 aromatic carbocycles. The van der Waals surface area contributed by atoms with Crippen LogP contribution >= 0.6 is 0 Å². The van der Waals surface area contributed by atoms with Crippen molar-refractivity contribution in [3.63, 3.8) is 0 Å². The number of aliphatic hydroxyl groups excluding tert-OH is 1. The molecule has 0 aliphatic rings. The average molecular weight is 278 g/mol. The van der Waals surface area contributed by atoms with Crippen molar-refractivity contribution in [3.05, 3.63) is 35.4 Å². The van der Waals surface area contributed by atoms with Crippen LogP contribution in [0.3, 0.4) is 0 Å². The molecule has 2 aromatic rings. The Kier molecular flexibility index (Phi) is 3.71. The monoisotopic (exact) mass is 278 g/mol. The molecule has 0 saturated carbocycles. The van der Waals surface area contributed by atoms with E-state index in [4.69, 9.17) is 15.3 Å². The lowest BCUT2D eigenvalue weighted by Crippen LogP contribution is -2.10. The summed E-state index contributed by atoms with van der Waals surface area (Å²) in [4.78, 5) is 25.4. The van der Waals surface area contributed by atoms with Crippen LogP contribution in [0, 0.1) is 0 Å². The molecule has 0 spiro atoms. The van der Waals surface area contributed by atoms with Crippen molar-refractivity contribution in [2.24, 2.45) is 0 Å². The minimum absolute atomic E-state index is 0.101. The van der Waals surface area contributed by atoms with Crippen molar-refractivity contribution in [2.75, 3.05) is 6.61 Å². The summed E-state index contributed by atoms with van der Waals surface area (Å²) in [5.74, 6) is -2.69. The zero-order valence-corrected chi connectivity index (χ0v) is 10.1. The molecule has 0 aliphatic carbocycles. The smallest absolute Gasteiger partial charge is 0.354 e. The van der Waals surface area contributed by atoms with Crippen LogP contribution in [-0.4, -0.2) is 53.8 Å². The van der Waals surface area contributed by atoms with Gasteiger partial charge in [0.15, 0.2) is 11.4 Å². The standard InChI is InChI=1S/C11H10N4O5/c16-2-1-6-5-15(14-13-6)7-3-8(10(17)18)12-9(4-7)11(19)20/h3-5,16H,1-2H2,(H,17,18)(H,19,20). The van der Waals surface area contributed by atoms with E-state index >= 15 is 0 Å². The Labute approximate surface area is 112 Å². The summed E-state index contributed by atoms with van der Waals surface area (Å²) in [7, 11) is 0. The second-order valence-electron chi connectivity index (χ2n) is 3.83. The van der Waals surface area contributed by atoms with Gasteiger partial charge in [-0.05, 0) is 12.1 Å². The first-order valence-corrected chi connectivity index (χ1v) is 5.52. The molecule has 9 nitrogen and oxygen atoms in total. The highest BCUT2D eigenvalue weighted by Crippen LogP contribution is 2.12. The maximum Gasteiger partial charge on any atom is 0.354 e. The largest absolute Gasteiger partial charge is 0.477 e. The van der Waals surface area contributed by atoms with E-state index in [1.165, 1.54) is 23.0 Å². The van der Waals surface area contributed by atoms with Crippen molar-refractivity contribution in [1.82, 2.24) is 20.0 Å². The fraction of sp³-hybridized carbons (Fsp3) is 0.182. The number of aromatic nitrogens is 4. The molecular weight excluding hydrogens is 268 g/mol. The van der Waals surface area contributed by atoms with Crippen LogP contribution in [0.4, 0.5) is 0 Å². The Balaban J connectivity index is 2.48. The van der Waals surface area contributed by atoms with Gasteiger partial charge in [0, 0.05) is 13.0 Å². The van der Waals surface area contributed by atoms with Crippen LogP contribution in [0.5, 0.6) is 0 Å². The summed E-state index contributed by atoms with van der Waals surface area (Å²) in [5, 5.41) is 34.1. The Morgan fingerprint density at radius 3 is 2.25 bits per heavy atom. The first kappa shape index (κ1) is 13.6. The summed E-state index contributed by atoms with van der Waals surface area (Å²) in [6, 6.07) is 2.37. The molecule has 0 saturated heterocycles. The predicted molar refractivity (Wildman–Crippen MR) is 63.9 cm³/mol. The maximum absolute atomic E-state index is 10.9. The van der Waals surface area contributed by atoms with E-state index < -0.39 is 23.3 Å². The zero-order chi connectivity index (χ0) is 14.7. The molecule has 2 rings (SSSR count). The minimum atomic E-state index is -1.34. The number of aromatic carboxylic acids is 2. The molecule has 0 aliphatic heterocycles. The Morgan fingerprint density at radius 1 is 1.15 bits per heavy atom. The molecule has 9 heteroatoms. The number of rotatable bonds is 5. The molecular formula is C11H10N4O5. The van der Waals surface area contributed by atoms with Gasteiger partial charge >= 0.3 is 11.9 Å². The van der Waals surface area contributed by atoms with Crippen molar-refractivity contribution in [3.8, 4) is 5.69 Å². The van der Waals surface area contributed by atoms with Gasteiger partial charge in [-0.3, -0.25) is 0 Å². The molecule has 3 N–H and O–H groups in total. The molecule has 0 atom stereocenters. The van der Waals surface area contributed by atoms with Gasteiger partial charge in [0.1, 0.15) is 0 Å². The summed E-state index contributed by atoms with van der Waals surface area (Å²) in [5.41, 5.74) is -0.0947. The highest BCUT2D eigenvalue weighted by atomic mass is 16.4. The van der Waals surface area contributed by atoms with E-state index in [0.29, 0.717) is 12.1 Å². The first-order valence-electron chi connectivity index (χ1n) is 5.52. The molecule has 2 heterocycles. The Hall–Kier alpha value is -2.81. The van der Waals surface area contributed by atoms with Gasteiger partial charge in [-0.25, -0.2) is 19.3 Å². The number of carbonyl (C=O) groups is 2. The molecule has 20 heavy (non-hydrogen) atoms. The molecule has 0 amide bonds. The molecule has 0 fully saturated rings. The van der Waals surface area contributed by atoms with E-state index in [1.54, 1.807) is 0 Å². The Morgan fingerprint density at radius 2 is 1.75 bits per heavy atom. The average Bonchev–Trinajstić information content (AvgIpc) is 2.87. The third kappa shape index (κ3) is 2.78. The fourth-order valence-corrected chi connectivity index (χ4v) is 1.52. The SMILES string of the molecule is O=C(O)c1cc(-n2cc(CCO)nn2)cc(C(=O)O)n1. The second kappa shape index (κ2) is 5.45. The molecule has 0 unspecified atom stereocenters. The highest BCUT2D eigenvalue weighted by Gasteiger charge is 2.15. The zero-order valence-electron chi connectivity index (χ0n) is 10.1. The minimum Gasteiger partial charge on any atom is -0.477 e. The summed E-state index contributed by atoms with van der Waals surface area (Å²) in [6.07, 6.45) is 1.77. The highest BCUT2D eigenvalue weighted by molar-refractivity contribution is 5.90. The van der Waals surface area contributed by atoms with Crippen molar-refractivity contribution in [1.29, 1.82) is 0 Å². The summed E-state index contributed by atoms with van der Waals surface area (Å²) < 4.78 is 1.23. The molecule has 2 aromatic heterocycles. The lowest BCUT2D eigenvalue weighted by Gasteiger charge is -2.03. The quantitative estimate of drug-likeness (QED) is 0.671. The lowest BCUT2D eigenvalue weighted by molar-refractivity contribution is 0.0685. The number of nitrogens with zero attached hydrogens (tertiary/aromatic N) is 4. The van der Waals surface area contributed by atoms with Crippen molar-refractivity contribution in [2.45, 2.75) is 6.42 Å². The number of carboxylic acid groups (broad SMARTS) is 2. The molecule has 104 valence electrons. The number of hydrogen-bond acceptors (Lipinski definition) is 6. The number of pyridine rings is 1. The maximum atomic E-state index is 10.9. The van der Waals surface area contributed by atoms with Crippen molar-refractivity contribution < 1.29 is 24.9 Å². The predicted octanol–water partition coefficient (Wildman–Crippen LogP) is -0.407. The normalized spacial score (nSPS) is 10.4. The van der Waals surface area contributed by atoms with Gasteiger partial charge in [-0.2, -0.15) is 0 Å². The van der Waals surface area contributed by atoms with Crippen LogP contribution in [0.2, 0.25) is 0 Å². The van der Waals surface area contributed by atoms with Crippen LogP contribution < -0.4 is 0 Å². The number of hydrogen-bond donors (Lipinski definition) is 3. The molecule has 0 radical (unpaired) electrons. The van der Waals surface area contributed by atoms with Gasteiger partial charge in [0.05, 0.1) is 17.6 Å². The third-order valence-electron chi connectivity index (χ3n) is 2.42. The van der Waals surface area contributed by atoms with E-state index in [9.17, 15) is 9.59 Å². The van der Waals surface area contributed by atoms with E-state index in [0.717, 1.165) is 0 Å². The summed E-state index contributed by atoms with van der Waals surface area (Å²) >= 11 is 0. The fourth-order valence-electron chi connectivity index (χ4n) is 1.52. The number of aliphatic hydroxyl groups is 1. The van der Waals surface area contributed by atoms with Crippen LogP contribution in [0.25, 0.3) is 5.69 Å². The van der Waals surface area contributed by atoms with Crippen LogP contribution in [0.1, 0.15) is 26.7 Å². The third-order valence-corrected chi connectivity index (χ3v) is 2.42.